The van der Waals surface area contributed by atoms with E-state index in [0.717, 1.165) is 5.56 Å². The maximum absolute atomic E-state index is 11.2. The van der Waals surface area contributed by atoms with Crippen LogP contribution in [0.25, 0.3) is 0 Å². The number of hydrogen-bond acceptors (Lipinski definition) is 4. The fourth-order valence-corrected chi connectivity index (χ4v) is 2.05. The first-order chi connectivity index (χ1) is 7.15. The standard InChI is InChI=1S/C9H8BrNO3S/c10-15-9(12)8(11(13)14)6-7-4-2-1-3-5-7/h1-5,8H,6H2. The maximum atomic E-state index is 11.2. The molecule has 6 heteroatoms. The Morgan fingerprint density at radius 3 is 2.53 bits per heavy atom. The third kappa shape index (κ3) is 3.64. The minimum atomic E-state index is -1.18. The molecule has 0 aliphatic carbocycles. The van der Waals surface area contributed by atoms with E-state index in [1.165, 1.54) is 0 Å². The zero-order valence-corrected chi connectivity index (χ0v) is 10.0. The molecule has 80 valence electrons. The molecule has 0 N–H and O–H groups in total. The van der Waals surface area contributed by atoms with E-state index < -0.39 is 16.1 Å². The Morgan fingerprint density at radius 1 is 1.47 bits per heavy atom. The molecule has 1 aromatic carbocycles. The van der Waals surface area contributed by atoms with Crippen LogP contribution in [-0.4, -0.2) is 16.1 Å². The molecule has 0 saturated carbocycles. The van der Waals surface area contributed by atoms with Gasteiger partial charge in [-0.15, -0.1) is 0 Å². The lowest BCUT2D eigenvalue weighted by atomic mass is 10.1. The highest BCUT2D eigenvalue weighted by atomic mass is 79.9. The zero-order valence-electron chi connectivity index (χ0n) is 7.63. The zero-order chi connectivity index (χ0) is 11.3. The van der Waals surface area contributed by atoms with Gasteiger partial charge < -0.3 is 0 Å². The second kappa shape index (κ2) is 5.87. The van der Waals surface area contributed by atoms with Gasteiger partial charge in [0.15, 0.2) is 0 Å². The lowest BCUT2D eigenvalue weighted by Crippen LogP contribution is -2.29. The van der Waals surface area contributed by atoms with Gasteiger partial charge in [-0.1, -0.05) is 30.3 Å². The molecule has 4 nitrogen and oxygen atoms in total. The monoisotopic (exact) mass is 289 g/mol. The number of hydrogen-bond donors (Lipinski definition) is 0. The fourth-order valence-electron chi connectivity index (χ4n) is 1.13. The predicted molar refractivity (Wildman–Crippen MR) is 62.5 cm³/mol. The lowest BCUT2D eigenvalue weighted by Gasteiger charge is -2.05. The van der Waals surface area contributed by atoms with Gasteiger partial charge in [0.1, 0.15) is 0 Å². The van der Waals surface area contributed by atoms with Crippen molar-refractivity contribution < 1.29 is 9.72 Å². The number of benzene rings is 1. The van der Waals surface area contributed by atoms with E-state index in [1.54, 1.807) is 24.3 Å². The molecule has 0 amide bonds. The molecule has 0 saturated heterocycles. The van der Waals surface area contributed by atoms with Crippen molar-refractivity contribution in [3.8, 4) is 0 Å². The summed E-state index contributed by atoms with van der Waals surface area (Å²) in [7, 11) is 0.712. The van der Waals surface area contributed by atoms with Crippen LogP contribution in [0.4, 0.5) is 0 Å². The number of nitro groups is 1. The highest BCUT2D eigenvalue weighted by Crippen LogP contribution is 2.18. The molecule has 1 unspecified atom stereocenters. The van der Waals surface area contributed by atoms with E-state index in [4.69, 9.17) is 0 Å². The van der Waals surface area contributed by atoms with Gasteiger partial charge in [0.05, 0.1) is 0 Å². The smallest absolute Gasteiger partial charge is 0.278 e. The topological polar surface area (TPSA) is 60.2 Å². The van der Waals surface area contributed by atoms with Crippen LogP contribution in [0, 0.1) is 10.1 Å². The van der Waals surface area contributed by atoms with Gasteiger partial charge in [-0.3, -0.25) is 14.9 Å². The van der Waals surface area contributed by atoms with Crippen LogP contribution in [0.1, 0.15) is 5.56 Å². The van der Waals surface area contributed by atoms with E-state index in [9.17, 15) is 14.9 Å². The molecule has 0 heterocycles. The lowest BCUT2D eigenvalue weighted by molar-refractivity contribution is -0.505. The molecule has 1 atom stereocenters. The summed E-state index contributed by atoms with van der Waals surface area (Å²) in [4.78, 5) is 21.3. The number of nitrogens with zero attached hydrogens (tertiary/aromatic N) is 1. The molecule has 0 aliphatic rings. The van der Waals surface area contributed by atoms with Gasteiger partial charge in [-0.05, 0) is 30.6 Å². The number of carbonyl (C=O) groups is 1. The molecule has 1 rings (SSSR count). The first kappa shape index (κ1) is 12.2. The Kier molecular flexibility index (Phi) is 4.77. The van der Waals surface area contributed by atoms with Crippen LogP contribution in [0.15, 0.2) is 30.3 Å². The van der Waals surface area contributed by atoms with Crippen molar-refractivity contribution in [2.45, 2.75) is 12.5 Å². The average molecular weight is 290 g/mol. The molecule has 0 spiro atoms. The largest absolute Gasteiger partial charge is 0.285 e. The Morgan fingerprint density at radius 2 is 2.07 bits per heavy atom. The Hall–Kier alpha value is -0.880. The predicted octanol–water partition coefficient (Wildman–Crippen LogP) is 2.44. The van der Waals surface area contributed by atoms with E-state index in [1.807, 2.05) is 6.07 Å². The van der Waals surface area contributed by atoms with Gasteiger partial charge in [-0.25, -0.2) is 0 Å². The Bertz CT molecular complexity index is 358. The molecule has 0 aromatic heterocycles. The van der Waals surface area contributed by atoms with Crippen molar-refractivity contribution in [1.82, 2.24) is 0 Å². The quantitative estimate of drug-likeness (QED) is 0.631. The van der Waals surface area contributed by atoms with Crippen molar-refractivity contribution in [3.63, 3.8) is 0 Å². The van der Waals surface area contributed by atoms with Crippen LogP contribution in [0.5, 0.6) is 0 Å². The van der Waals surface area contributed by atoms with Crippen LogP contribution < -0.4 is 0 Å². The fraction of sp³-hybridized carbons (Fsp3) is 0.222. The summed E-state index contributed by atoms with van der Waals surface area (Å²) in [5.74, 6) is 0. The molecule has 0 fully saturated rings. The summed E-state index contributed by atoms with van der Waals surface area (Å²) >= 11 is 2.86. The third-order valence-corrected chi connectivity index (χ3v) is 3.26. The van der Waals surface area contributed by atoms with E-state index in [0.29, 0.717) is 10.2 Å². The Balaban J connectivity index is 2.76. The third-order valence-electron chi connectivity index (χ3n) is 1.87. The first-order valence-electron chi connectivity index (χ1n) is 4.15. The molecule has 1 aromatic rings. The average Bonchev–Trinajstić information content (AvgIpc) is 2.26. The molecular formula is C9H8BrNO3S. The number of carbonyl (C=O) groups excluding carboxylic acids is 1. The summed E-state index contributed by atoms with van der Waals surface area (Å²) in [6.45, 7) is 0. The maximum Gasteiger partial charge on any atom is 0.285 e. The molecule has 0 bridgehead atoms. The molecule has 0 aliphatic heterocycles. The van der Waals surface area contributed by atoms with Crippen molar-refractivity contribution in [1.29, 1.82) is 0 Å². The van der Waals surface area contributed by atoms with Crippen molar-refractivity contribution in [2.75, 3.05) is 0 Å². The Labute approximate surface area is 98.4 Å². The SMILES string of the molecule is O=C(SBr)C(Cc1ccccc1)[N+](=O)[O-]. The number of halogens is 1. The summed E-state index contributed by atoms with van der Waals surface area (Å²) in [5, 5.41) is 10.2. The number of rotatable bonds is 4. The van der Waals surface area contributed by atoms with Crippen LogP contribution >= 0.6 is 25.0 Å². The minimum absolute atomic E-state index is 0.130. The summed E-state index contributed by atoms with van der Waals surface area (Å²) in [5.41, 5.74) is 0.786. The molecular weight excluding hydrogens is 282 g/mol. The first-order valence-corrected chi connectivity index (χ1v) is 6.81. The van der Waals surface area contributed by atoms with Crippen LogP contribution in [0.3, 0.4) is 0 Å². The van der Waals surface area contributed by atoms with E-state index in [2.05, 4.69) is 14.8 Å². The van der Waals surface area contributed by atoms with Gasteiger partial charge in [0, 0.05) is 11.3 Å². The van der Waals surface area contributed by atoms with Gasteiger partial charge in [0.25, 0.3) is 11.2 Å². The highest BCUT2D eigenvalue weighted by molar-refractivity contribution is 9.52. The van der Waals surface area contributed by atoms with Crippen molar-refractivity contribution >= 4 is 30.1 Å². The van der Waals surface area contributed by atoms with Crippen molar-refractivity contribution in [2.24, 2.45) is 0 Å². The minimum Gasteiger partial charge on any atom is -0.278 e. The summed E-state index contributed by atoms with van der Waals surface area (Å²) in [6, 6.07) is 7.75. The van der Waals surface area contributed by atoms with Gasteiger partial charge >= 0.3 is 0 Å². The van der Waals surface area contributed by atoms with Crippen LogP contribution in [0.2, 0.25) is 0 Å². The summed E-state index contributed by atoms with van der Waals surface area (Å²) in [6.07, 6.45) is 0.130. The van der Waals surface area contributed by atoms with E-state index in [-0.39, 0.29) is 6.42 Å². The van der Waals surface area contributed by atoms with Crippen LogP contribution in [-0.2, 0) is 11.2 Å². The normalized spacial score (nSPS) is 12.1. The van der Waals surface area contributed by atoms with Gasteiger partial charge in [-0.2, -0.15) is 0 Å². The second-order valence-corrected chi connectivity index (χ2v) is 4.41. The van der Waals surface area contributed by atoms with E-state index >= 15 is 0 Å². The van der Waals surface area contributed by atoms with Crippen molar-refractivity contribution in [3.05, 3.63) is 46.0 Å². The second-order valence-electron chi connectivity index (χ2n) is 2.89. The highest BCUT2D eigenvalue weighted by Gasteiger charge is 2.29. The van der Waals surface area contributed by atoms with Gasteiger partial charge in [0.2, 0.25) is 0 Å². The molecule has 0 radical (unpaired) electrons. The summed E-state index contributed by atoms with van der Waals surface area (Å²) < 4.78 is 0. The molecule has 15 heavy (non-hydrogen) atoms.